The van der Waals surface area contributed by atoms with Crippen LogP contribution in [0.15, 0.2) is 30.3 Å². The number of hydrogen-bond donors (Lipinski definition) is 0. The molecular weight excluding hydrogens is 391 g/mol. The first kappa shape index (κ1) is 23.6. The molecule has 0 saturated carbocycles. The number of rotatable bonds is 6. The molecule has 156 valence electrons. The van der Waals surface area contributed by atoms with Crippen LogP contribution in [0.1, 0.15) is 38.1 Å². The Kier molecular flexibility index (Phi) is 8.62. The second kappa shape index (κ2) is 10.2. The molecule has 0 unspecified atom stereocenters. The van der Waals surface area contributed by atoms with Crippen molar-refractivity contribution in [2.24, 2.45) is 0 Å². The van der Waals surface area contributed by atoms with Crippen LogP contribution in [0.5, 0.6) is 0 Å². The molecule has 0 aliphatic carbocycles. The van der Waals surface area contributed by atoms with Crippen LogP contribution in [0.3, 0.4) is 0 Å². The molecule has 1 aromatic carbocycles. The van der Waals surface area contributed by atoms with Crippen LogP contribution in [0.2, 0.25) is 0 Å². The first-order chi connectivity index (χ1) is 13.1. The average Bonchev–Trinajstić information content (AvgIpc) is 2.64. The summed E-state index contributed by atoms with van der Waals surface area (Å²) in [6, 6.07) is 7.60. The van der Waals surface area contributed by atoms with Gasteiger partial charge in [-0.2, -0.15) is 0 Å². The molecule has 0 bridgehead atoms. The SMILES string of the molecule is COP(=O)(OC)N(C(=O)OC(C)C)N(C(=O)OC(C)C)C(=O)c1ccccc1. The zero-order valence-corrected chi connectivity index (χ0v) is 17.5. The molecule has 0 aliphatic rings. The molecule has 0 spiro atoms. The largest absolute Gasteiger partial charge is 0.459 e. The highest BCUT2D eigenvalue weighted by Gasteiger charge is 2.48. The summed E-state index contributed by atoms with van der Waals surface area (Å²) in [6.07, 6.45) is -3.82. The normalized spacial score (nSPS) is 11.3. The van der Waals surface area contributed by atoms with Gasteiger partial charge in [-0.3, -0.25) is 13.8 Å². The lowest BCUT2D eigenvalue weighted by molar-refractivity contribution is -0.00528. The van der Waals surface area contributed by atoms with Crippen LogP contribution in [0.4, 0.5) is 9.59 Å². The number of nitrogens with zero attached hydrogens (tertiary/aromatic N) is 2. The van der Waals surface area contributed by atoms with E-state index in [-0.39, 0.29) is 15.4 Å². The minimum absolute atomic E-state index is 0.0318. The van der Waals surface area contributed by atoms with Crippen molar-refractivity contribution < 1.29 is 37.5 Å². The van der Waals surface area contributed by atoms with Crippen LogP contribution in [0.25, 0.3) is 0 Å². The maximum atomic E-state index is 13.0. The van der Waals surface area contributed by atoms with Gasteiger partial charge in [-0.25, -0.2) is 14.2 Å². The molecule has 28 heavy (non-hydrogen) atoms. The summed E-state index contributed by atoms with van der Waals surface area (Å²) in [5, 5.41) is 0.258. The standard InChI is InChI=1S/C17H25N2O8P/c1-12(2)26-16(21)18(15(20)14-10-8-7-9-11-14)19(17(22)27-13(3)4)28(23,24-5)25-6/h7-13H,1-6H3. The van der Waals surface area contributed by atoms with Crippen molar-refractivity contribution in [1.29, 1.82) is 0 Å². The number of hydrazine groups is 1. The van der Waals surface area contributed by atoms with Gasteiger partial charge in [0.05, 0.1) is 12.2 Å². The van der Waals surface area contributed by atoms with Crippen molar-refractivity contribution in [3.63, 3.8) is 0 Å². The van der Waals surface area contributed by atoms with E-state index in [1.54, 1.807) is 32.0 Å². The zero-order chi connectivity index (χ0) is 21.5. The van der Waals surface area contributed by atoms with Crippen molar-refractivity contribution in [3.8, 4) is 0 Å². The lowest BCUT2D eigenvalue weighted by atomic mass is 10.2. The summed E-state index contributed by atoms with van der Waals surface area (Å²) in [5.41, 5.74) is 0.0318. The van der Waals surface area contributed by atoms with Gasteiger partial charge in [0.2, 0.25) is 0 Å². The molecule has 1 rings (SSSR count). The molecular formula is C17H25N2O8P. The van der Waals surface area contributed by atoms with Gasteiger partial charge in [0, 0.05) is 19.8 Å². The predicted octanol–water partition coefficient (Wildman–Crippen LogP) is 3.84. The summed E-state index contributed by atoms with van der Waals surface area (Å²) < 4.78 is 33.0. The fourth-order valence-corrected chi connectivity index (χ4v) is 3.05. The second-order valence-corrected chi connectivity index (χ2v) is 8.02. The Morgan fingerprint density at radius 2 is 1.32 bits per heavy atom. The van der Waals surface area contributed by atoms with E-state index in [0.717, 1.165) is 14.2 Å². The summed E-state index contributed by atoms with van der Waals surface area (Å²) in [4.78, 5) is 38.4. The van der Waals surface area contributed by atoms with Crippen molar-refractivity contribution in [3.05, 3.63) is 35.9 Å². The molecule has 10 nitrogen and oxygen atoms in total. The number of benzene rings is 1. The minimum atomic E-state index is -4.47. The summed E-state index contributed by atoms with van der Waals surface area (Å²) in [5.74, 6) is -0.985. The molecule has 0 saturated heterocycles. The third-order valence-electron chi connectivity index (χ3n) is 3.11. The summed E-state index contributed by atoms with van der Waals surface area (Å²) in [7, 11) is -2.47. The fraction of sp³-hybridized carbons (Fsp3) is 0.471. The highest BCUT2D eigenvalue weighted by atomic mass is 31.2. The number of imide groups is 1. The number of hydrogen-bond acceptors (Lipinski definition) is 8. The number of amides is 3. The van der Waals surface area contributed by atoms with E-state index in [2.05, 4.69) is 0 Å². The molecule has 0 fully saturated rings. The summed E-state index contributed by atoms with van der Waals surface area (Å²) >= 11 is 0. The van der Waals surface area contributed by atoms with Crippen molar-refractivity contribution >= 4 is 25.8 Å². The Bertz CT molecular complexity index is 730. The van der Waals surface area contributed by atoms with E-state index in [0.29, 0.717) is 0 Å². The highest BCUT2D eigenvalue weighted by Crippen LogP contribution is 2.52. The third-order valence-corrected chi connectivity index (χ3v) is 4.83. The molecule has 0 N–H and O–H groups in total. The molecule has 0 heterocycles. The van der Waals surface area contributed by atoms with E-state index in [1.807, 2.05) is 0 Å². The Hall–Kier alpha value is -2.42. The number of carbonyl (C=O) groups is 3. The monoisotopic (exact) mass is 416 g/mol. The lowest BCUT2D eigenvalue weighted by Crippen LogP contribution is -2.52. The Labute approximate surface area is 163 Å². The second-order valence-electron chi connectivity index (χ2n) is 5.97. The highest BCUT2D eigenvalue weighted by molar-refractivity contribution is 7.51. The maximum absolute atomic E-state index is 13.0. The van der Waals surface area contributed by atoms with Crippen molar-refractivity contribution in [2.75, 3.05) is 14.2 Å². The Morgan fingerprint density at radius 1 is 0.857 bits per heavy atom. The Balaban J connectivity index is 3.56. The van der Waals surface area contributed by atoms with Crippen LogP contribution in [-0.2, 0) is 23.1 Å². The molecule has 0 aromatic heterocycles. The van der Waals surface area contributed by atoms with Crippen LogP contribution < -0.4 is 0 Å². The van der Waals surface area contributed by atoms with Crippen LogP contribution in [0, 0.1) is 0 Å². The van der Waals surface area contributed by atoms with Gasteiger partial charge in [0.25, 0.3) is 5.91 Å². The number of ether oxygens (including phenoxy) is 2. The molecule has 11 heteroatoms. The van der Waals surface area contributed by atoms with Gasteiger partial charge >= 0.3 is 19.9 Å². The van der Waals surface area contributed by atoms with Gasteiger partial charge in [-0.15, -0.1) is 9.79 Å². The molecule has 0 aliphatic heterocycles. The smallest absolute Gasteiger partial charge is 0.445 e. The minimum Gasteiger partial charge on any atom is -0.445 e. The number of carbonyl (C=O) groups excluding carboxylic acids is 3. The van der Waals surface area contributed by atoms with Gasteiger partial charge in [-0.1, -0.05) is 18.2 Å². The van der Waals surface area contributed by atoms with E-state index >= 15 is 0 Å². The van der Waals surface area contributed by atoms with Crippen molar-refractivity contribution in [2.45, 2.75) is 39.9 Å². The van der Waals surface area contributed by atoms with Crippen LogP contribution >= 0.6 is 7.75 Å². The average molecular weight is 416 g/mol. The topological polar surface area (TPSA) is 112 Å². The Morgan fingerprint density at radius 3 is 1.75 bits per heavy atom. The molecule has 0 radical (unpaired) electrons. The zero-order valence-electron chi connectivity index (χ0n) is 16.6. The quantitative estimate of drug-likeness (QED) is 0.508. The van der Waals surface area contributed by atoms with E-state index in [4.69, 9.17) is 18.5 Å². The van der Waals surface area contributed by atoms with E-state index in [1.165, 1.54) is 26.0 Å². The van der Waals surface area contributed by atoms with Gasteiger partial charge in [0.1, 0.15) is 0 Å². The van der Waals surface area contributed by atoms with Gasteiger partial charge in [-0.05, 0) is 39.8 Å². The van der Waals surface area contributed by atoms with E-state index < -0.39 is 38.0 Å². The first-order valence-electron chi connectivity index (χ1n) is 8.40. The maximum Gasteiger partial charge on any atom is 0.459 e. The fourth-order valence-electron chi connectivity index (χ4n) is 1.97. The van der Waals surface area contributed by atoms with Gasteiger partial charge < -0.3 is 9.47 Å². The van der Waals surface area contributed by atoms with Crippen LogP contribution in [-0.4, -0.2) is 54.3 Å². The molecule has 3 amide bonds. The van der Waals surface area contributed by atoms with E-state index in [9.17, 15) is 18.9 Å². The van der Waals surface area contributed by atoms with Gasteiger partial charge in [0.15, 0.2) is 0 Å². The lowest BCUT2D eigenvalue weighted by Gasteiger charge is -2.34. The molecule has 0 atom stereocenters. The summed E-state index contributed by atoms with van der Waals surface area (Å²) in [6.45, 7) is 6.17. The predicted molar refractivity (Wildman–Crippen MR) is 99.3 cm³/mol. The first-order valence-corrected chi connectivity index (χ1v) is 9.89. The third kappa shape index (κ3) is 5.79. The van der Waals surface area contributed by atoms with Crippen molar-refractivity contribution in [1.82, 2.24) is 9.79 Å². The molecule has 1 aromatic rings.